The standard InChI is InChI=1S/C70H118O23/c1-5-6-7-8-9-10-11-12-13-14-15-16-17-20-33-54(79)64(87)69-67(90)59(84)42-61(93-69)68(91)63(86)45(3)35-37-53(78)60-41-58(83)66(89)70(92-60)65(88)56(81)38-44(2)34-36-50(75)40-57(82)62(85)46(4)39-55(80)52(77)32-21-18-19-25-47(72)26-22-27-48(73)28-23-29-49(74)30-24-31-51(76)43-71/h5-7,10-15,20,23-24,28,30,33,38,46-91H,1,3,8-9,16-19,21-22,25-27,29,31-32,34-37,39-43H2,2,4H3/b7-6+,11-10+,13-12+,15-14+,28-23+,30-24+,33-20+,44-38+/t46-,47+,48+,49+,50-,51+,52-,53+,54-,55-,56-,57-,58-,59+,60-,61+,62+,63+,64-,65+,66-,67+,68-,69-,70+/m0/s1. The maximum atomic E-state index is 11.2. The fourth-order valence-corrected chi connectivity index (χ4v) is 11.1. The Labute approximate surface area is 550 Å². The Morgan fingerprint density at radius 2 is 1.04 bits per heavy atom. The van der Waals surface area contributed by atoms with E-state index in [0.717, 1.165) is 12.8 Å². The SMILES string of the molecule is C=C/C=C/CC/C=C/C=C/C=C/CC/C=C/[C@H](O)[C@H](O)[C@@H]1O[C@@H]([C@H](O)[C@H](O)C(=C)CC[C@@H](O)[C@@H]2C[C@H](O)[C@H](O)[C@@H]([C@H](O)[C@@H](O)/C=C(\C)CC[C@H](O)C[C@H](O)[C@H](O)[C@@H](C)C[C@H](O)[C@@H](O)CCCCC[C@@H](O)CCC[C@@H](O)/C=C/C[C@@H](O)/C=C/C[C@@H](O)CO)O2)C[C@@H](O)[C@H]1O. The summed E-state index contributed by atoms with van der Waals surface area (Å²) in [4.78, 5) is 0. The lowest BCUT2D eigenvalue weighted by Crippen LogP contribution is -2.59. The third-order valence-corrected chi connectivity index (χ3v) is 17.1. The zero-order chi connectivity index (χ0) is 69.6. The van der Waals surface area contributed by atoms with Gasteiger partial charge in [-0.1, -0.05) is 142 Å². The monoisotopic (exact) mass is 1330 g/mol. The first kappa shape index (κ1) is 85.6. The topological polar surface area (TPSA) is 443 Å². The summed E-state index contributed by atoms with van der Waals surface area (Å²) in [5.74, 6) is -0.676. The molecule has 25 atom stereocenters. The van der Waals surface area contributed by atoms with E-state index in [1.807, 2.05) is 42.5 Å². The highest BCUT2D eigenvalue weighted by atomic mass is 16.6. The second kappa shape index (κ2) is 48.2. The van der Waals surface area contributed by atoms with Crippen LogP contribution in [0, 0.1) is 5.92 Å². The van der Waals surface area contributed by atoms with Crippen LogP contribution in [0.25, 0.3) is 0 Å². The summed E-state index contributed by atoms with van der Waals surface area (Å²) in [5.41, 5.74) is 0.480. The number of hydrogen-bond donors (Lipinski definition) is 21. The molecule has 2 aliphatic rings. The maximum Gasteiger partial charge on any atom is 0.115 e. The van der Waals surface area contributed by atoms with Gasteiger partial charge in [-0.3, -0.25) is 0 Å². The lowest BCUT2D eigenvalue weighted by molar-refractivity contribution is -0.234. The van der Waals surface area contributed by atoms with E-state index in [4.69, 9.17) is 14.6 Å². The summed E-state index contributed by atoms with van der Waals surface area (Å²) in [6.45, 7) is 10.3. The Hall–Kier alpha value is -3.52. The molecule has 93 heavy (non-hydrogen) atoms. The van der Waals surface area contributed by atoms with Crippen LogP contribution in [0.5, 0.6) is 0 Å². The van der Waals surface area contributed by atoms with Gasteiger partial charge in [0.1, 0.15) is 61.0 Å². The van der Waals surface area contributed by atoms with Gasteiger partial charge in [-0.15, -0.1) is 0 Å². The molecule has 0 spiro atoms. The molecule has 0 aromatic carbocycles. The number of aliphatic hydroxyl groups excluding tert-OH is 21. The average molecular weight is 1330 g/mol. The van der Waals surface area contributed by atoms with Crippen LogP contribution in [0.1, 0.15) is 155 Å². The van der Waals surface area contributed by atoms with Crippen LogP contribution < -0.4 is 0 Å². The summed E-state index contributed by atoms with van der Waals surface area (Å²) in [6.07, 6.45) is 1.59. The molecule has 0 aliphatic carbocycles. The van der Waals surface area contributed by atoms with Crippen molar-refractivity contribution in [2.24, 2.45) is 5.92 Å². The van der Waals surface area contributed by atoms with E-state index in [2.05, 4.69) is 19.2 Å². The molecule has 0 aromatic rings. The number of unbranched alkanes of at least 4 members (excludes halogenated alkanes) is 4. The molecule has 0 aromatic heterocycles. The molecule has 0 amide bonds. The normalized spacial score (nSPS) is 26.9. The van der Waals surface area contributed by atoms with E-state index < -0.39 is 152 Å². The van der Waals surface area contributed by atoms with E-state index in [9.17, 15) is 102 Å². The van der Waals surface area contributed by atoms with E-state index >= 15 is 0 Å². The Morgan fingerprint density at radius 1 is 0.495 bits per heavy atom. The van der Waals surface area contributed by atoms with Crippen molar-refractivity contribution >= 4 is 0 Å². The number of aliphatic hydroxyl groups is 21. The van der Waals surface area contributed by atoms with E-state index in [-0.39, 0.29) is 82.8 Å². The molecule has 0 radical (unpaired) electrons. The molecule has 536 valence electrons. The largest absolute Gasteiger partial charge is 0.394 e. The molecule has 2 fully saturated rings. The number of hydrogen-bond acceptors (Lipinski definition) is 23. The predicted molar refractivity (Wildman–Crippen MR) is 352 cm³/mol. The minimum atomic E-state index is -1.83. The first-order valence-corrected chi connectivity index (χ1v) is 33.3. The van der Waals surface area contributed by atoms with Crippen LogP contribution in [-0.4, -0.2) is 260 Å². The predicted octanol–water partition coefficient (Wildman–Crippen LogP) is 1.53. The van der Waals surface area contributed by atoms with Crippen molar-refractivity contribution in [2.75, 3.05) is 6.61 Å². The van der Waals surface area contributed by atoms with Gasteiger partial charge >= 0.3 is 0 Å². The highest BCUT2D eigenvalue weighted by molar-refractivity contribution is 5.13. The number of allylic oxidation sites excluding steroid dienone is 11. The second-order valence-electron chi connectivity index (χ2n) is 25.4. The molecule has 0 unspecified atom stereocenters. The molecular weight excluding hydrogens is 1210 g/mol. The third-order valence-electron chi connectivity index (χ3n) is 17.1. The fraction of sp³-hybridized carbons (Fsp3) is 0.714. The summed E-state index contributed by atoms with van der Waals surface area (Å²) in [7, 11) is 0. The number of rotatable bonds is 49. The molecule has 2 aliphatic heterocycles. The highest BCUT2D eigenvalue weighted by Gasteiger charge is 2.47. The van der Waals surface area contributed by atoms with Gasteiger partial charge in [0.15, 0.2) is 0 Å². The van der Waals surface area contributed by atoms with E-state index in [1.165, 1.54) is 18.2 Å². The lowest BCUT2D eigenvalue weighted by atomic mass is 9.87. The molecule has 0 bridgehead atoms. The first-order valence-electron chi connectivity index (χ1n) is 33.3. The van der Waals surface area contributed by atoms with Gasteiger partial charge in [-0.25, -0.2) is 0 Å². The summed E-state index contributed by atoms with van der Waals surface area (Å²) < 4.78 is 11.6. The van der Waals surface area contributed by atoms with Crippen molar-refractivity contribution < 1.29 is 117 Å². The summed E-state index contributed by atoms with van der Waals surface area (Å²) in [6, 6.07) is 0. The molecule has 0 saturated carbocycles. The third kappa shape index (κ3) is 34.5. The van der Waals surface area contributed by atoms with Gasteiger partial charge in [0.05, 0.1) is 92.1 Å². The maximum absolute atomic E-state index is 11.2. The van der Waals surface area contributed by atoms with Crippen LogP contribution in [0.3, 0.4) is 0 Å². The Kier molecular flexibility index (Phi) is 44.4. The van der Waals surface area contributed by atoms with Crippen molar-refractivity contribution in [1.29, 1.82) is 0 Å². The molecule has 21 N–H and O–H groups in total. The van der Waals surface area contributed by atoms with Crippen LogP contribution in [-0.2, 0) is 9.47 Å². The average Bonchev–Trinajstić information content (AvgIpc) is 0.828. The van der Waals surface area contributed by atoms with Crippen molar-refractivity contribution in [3.05, 3.63) is 122 Å². The fourth-order valence-electron chi connectivity index (χ4n) is 11.1. The summed E-state index contributed by atoms with van der Waals surface area (Å²) in [5, 5.41) is 223. The molecule has 23 nitrogen and oxygen atoms in total. The quantitative estimate of drug-likeness (QED) is 0.0233. The van der Waals surface area contributed by atoms with Gasteiger partial charge in [0.25, 0.3) is 0 Å². The van der Waals surface area contributed by atoms with Gasteiger partial charge in [-0.2, -0.15) is 0 Å². The molecule has 2 rings (SSSR count). The first-order chi connectivity index (χ1) is 44.1. The smallest absolute Gasteiger partial charge is 0.115 e. The molecule has 23 heteroatoms. The Bertz CT molecular complexity index is 2240. The van der Waals surface area contributed by atoms with E-state index in [0.29, 0.717) is 63.4 Å². The van der Waals surface area contributed by atoms with Gasteiger partial charge in [0.2, 0.25) is 0 Å². The molecule has 2 saturated heterocycles. The van der Waals surface area contributed by atoms with Gasteiger partial charge < -0.3 is 117 Å². The van der Waals surface area contributed by atoms with Gasteiger partial charge in [-0.05, 0) is 121 Å². The van der Waals surface area contributed by atoms with Crippen LogP contribution in [0.4, 0.5) is 0 Å². The van der Waals surface area contributed by atoms with Crippen molar-refractivity contribution in [3.63, 3.8) is 0 Å². The minimum absolute atomic E-state index is 0.00463. The molecule has 2 heterocycles. The highest BCUT2D eigenvalue weighted by Crippen LogP contribution is 2.32. The van der Waals surface area contributed by atoms with Crippen molar-refractivity contribution in [3.8, 4) is 0 Å². The minimum Gasteiger partial charge on any atom is -0.394 e. The van der Waals surface area contributed by atoms with Crippen molar-refractivity contribution in [1.82, 2.24) is 0 Å². The number of ether oxygens (including phenoxy) is 2. The molecular formula is C70H118O23. The zero-order valence-electron chi connectivity index (χ0n) is 54.6. The second-order valence-corrected chi connectivity index (χ2v) is 25.4. The van der Waals surface area contributed by atoms with Crippen LogP contribution in [0.2, 0.25) is 0 Å². The Morgan fingerprint density at radius 3 is 1.67 bits per heavy atom. The van der Waals surface area contributed by atoms with Crippen molar-refractivity contribution in [2.45, 2.75) is 302 Å². The lowest BCUT2D eigenvalue weighted by Gasteiger charge is -2.42. The zero-order valence-corrected chi connectivity index (χ0v) is 54.6. The summed E-state index contributed by atoms with van der Waals surface area (Å²) >= 11 is 0. The van der Waals surface area contributed by atoms with Gasteiger partial charge in [0, 0.05) is 19.3 Å². The Balaban J connectivity index is 1.77. The van der Waals surface area contributed by atoms with Crippen LogP contribution in [0.15, 0.2) is 122 Å². The van der Waals surface area contributed by atoms with Crippen LogP contribution >= 0.6 is 0 Å². The van der Waals surface area contributed by atoms with E-state index in [1.54, 1.807) is 44.2 Å².